The third-order valence-corrected chi connectivity index (χ3v) is 4.19. The summed E-state index contributed by atoms with van der Waals surface area (Å²) in [5.41, 5.74) is 2.60. The number of hydrogen-bond donors (Lipinski definition) is 3. The van der Waals surface area contributed by atoms with Crippen LogP contribution in [0.15, 0.2) is 24.3 Å². The number of hydrogen-bond acceptors (Lipinski definition) is 4. The summed E-state index contributed by atoms with van der Waals surface area (Å²) in [4.78, 5) is 23.6. The van der Waals surface area contributed by atoms with Gasteiger partial charge in [-0.2, -0.15) is 0 Å². The summed E-state index contributed by atoms with van der Waals surface area (Å²) < 4.78 is 5.39. The topological polar surface area (TPSA) is 79.5 Å². The monoisotopic (exact) mass is 347 g/mol. The van der Waals surface area contributed by atoms with E-state index in [0.29, 0.717) is 13.2 Å². The Morgan fingerprint density at radius 1 is 1.28 bits per heavy atom. The minimum atomic E-state index is -0.458. The summed E-state index contributed by atoms with van der Waals surface area (Å²) >= 11 is 0. The van der Waals surface area contributed by atoms with Crippen LogP contribution < -0.4 is 16.0 Å². The van der Waals surface area contributed by atoms with E-state index in [0.717, 1.165) is 25.7 Å². The van der Waals surface area contributed by atoms with Gasteiger partial charge >= 0.3 is 6.03 Å². The molecule has 0 aromatic heterocycles. The van der Waals surface area contributed by atoms with Crippen LogP contribution in [-0.2, 0) is 16.0 Å². The molecule has 0 fully saturated rings. The number of benzene rings is 1. The van der Waals surface area contributed by atoms with Crippen molar-refractivity contribution in [3.05, 3.63) is 35.4 Å². The molecule has 3 N–H and O–H groups in total. The molecule has 0 heterocycles. The molecular weight excluding hydrogens is 318 g/mol. The summed E-state index contributed by atoms with van der Waals surface area (Å²) in [5, 5.41) is 8.27. The average Bonchev–Trinajstić information content (AvgIpc) is 2.59. The van der Waals surface area contributed by atoms with Crippen LogP contribution in [0.25, 0.3) is 0 Å². The number of rotatable bonds is 8. The minimum Gasteiger partial charge on any atom is -0.379 e. The highest BCUT2D eigenvalue weighted by molar-refractivity contribution is 5.95. The zero-order valence-corrected chi connectivity index (χ0v) is 15.1. The third-order valence-electron chi connectivity index (χ3n) is 4.19. The predicted octanol–water partition coefficient (Wildman–Crippen LogP) is 2.29. The zero-order chi connectivity index (χ0) is 18.1. The normalized spacial score (nSPS) is 16.4. The van der Waals surface area contributed by atoms with Crippen LogP contribution in [-0.4, -0.2) is 37.7 Å². The van der Waals surface area contributed by atoms with Gasteiger partial charge in [0.15, 0.2) is 0 Å². The van der Waals surface area contributed by atoms with Crippen molar-refractivity contribution in [3.63, 3.8) is 0 Å². The Hall–Kier alpha value is -1.92. The Labute approximate surface area is 149 Å². The number of urea groups is 1. The first kappa shape index (κ1) is 19.4. The molecule has 0 unspecified atom stereocenters. The van der Waals surface area contributed by atoms with Crippen LogP contribution in [0.1, 0.15) is 50.3 Å². The summed E-state index contributed by atoms with van der Waals surface area (Å²) in [7, 11) is 0. The quantitative estimate of drug-likeness (QED) is 0.631. The number of ether oxygens (including phenoxy) is 1. The van der Waals surface area contributed by atoms with Gasteiger partial charge in [-0.15, -0.1) is 0 Å². The number of imide groups is 1. The molecule has 0 bridgehead atoms. The fourth-order valence-corrected chi connectivity index (χ4v) is 2.99. The van der Waals surface area contributed by atoms with E-state index in [9.17, 15) is 9.59 Å². The van der Waals surface area contributed by atoms with Crippen molar-refractivity contribution in [1.29, 1.82) is 0 Å². The van der Waals surface area contributed by atoms with E-state index in [1.165, 1.54) is 11.1 Å². The van der Waals surface area contributed by atoms with Crippen LogP contribution in [0.4, 0.5) is 4.79 Å². The molecule has 0 saturated heterocycles. The number of amides is 3. The summed E-state index contributed by atoms with van der Waals surface area (Å²) in [5.74, 6) is -0.320. The summed E-state index contributed by atoms with van der Waals surface area (Å²) in [6.07, 6.45) is 4.11. The van der Waals surface area contributed by atoms with Gasteiger partial charge in [0, 0.05) is 19.2 Å². The average molecular weight is 347 g/mol. The van der Waals surface area contributed by atoms with Gasteiger partial charge in [-0.3, -0.25) is 10.1 Å². The van der Waals surface area contributed by atoms with Crippen molar-refractivity contribution < 1.29 is 14.3 Å². The summed E-state index contributed by atoms with van der Waals surface area (Å²) in [6.45, 7) is 5.14. The first-order valence-corrected chi connectivity index (χ1v) is 9.06. The van der Waals surface area contributed by atoms with E-state index >= 15 is 0 Å². The highest BCUT2D eigenvalue weighted by Crippen LogP contribution is 2.29. The molecule has 6 nitrogen and oxygen atoms in total. The van der Waals surface area contributed by atoms with Gasteiger partial charge in [-0.05, 0) is 50.7 Å². The molecule has 2 rings (SSSR count). The molecule has 1 aliphatic carbocycles. The van der Waals surface area contributed by atoms with E-state index in [4.69, 9.17) is 4.74 Å². The standard InChI is InChI=1S/C19H29N3O3/c1-14(2)25-12-6-11-20-19(24)22-18(23)13-21-17-10-5-8-15-7-3-4-9-16(15)17/h3-4,7,9,14,17,21H,5-6,8,10-13H2,1-2H3,(H2,20,22,23,24)/t17-/m1/s1. The number of aryl methyl sites for hydroxylation is 1. The van der Waals surface area contributed by atoms with E-state index in [1.807, 2.05) is 26.0 Å². The molecule has 0 saturated carbocycles. The maximum Gasteiger partial charge on any atom is 0.321 e. The van der Waals surface area contributed by atoms with E-state index < -0.39 is 6.03 Å². The smallest absolute Gasteiger partial charge is 0.321 e. The lowest BCUT2D eigenvalue weighted by Crippen LogP contribution is -2.44. The highest BCUT2D eigenvalue weighted by Gasteiger charge is 2.20. The number of nitrogens with one attached hydrogen (secondary N) is 3. The van der Waals surface area contributed by atoms with Crippen molar-refractivity contribution in [1.82, 2.24) is 16.0 Å². The Bertz CT molecular complexity index is 575. The molecule has 25 heavy (non-hydrogen) atoms. The second-order valence-corrected chi connectivity index (χ2v) is 6.60. The van der Waals surface area contributed by atoms with Gasteiger partial charge in [0.05, 0.1) is 12.6 Å². The van der Waals surface area contributed by atoms with Crippen molar-refractivity contribution in [2.24, 2.45) is 0 Å². The lowest BCUT2D eigenvalue weighted by atomic mass is 9.88. The van der Waals surface area contributed by atoms with Crippen LogP contribution in [0.5, 0.6) is 0 Å². The number of carbonyl (C=O) groups excluding carboxylic acids is 2. The molecule has 138 valence electrons. The lowest BCUT2D eigenvalue weighted by molar-refractivity contribution is -0.119. The van der Waals surface area contributed by atoms with Crippen LogP contribution in [0, 0.1) is 0 Å². The van der Waals surface area contributed by atoms with Gasteiger partial charge in [0.1, 0.15) is 0 Å². The molecular formula is C19H29N3O3. The van der Waals surface area contributed by atoms with Crippen molar-refractivity contribution in [2.75, 3.05) is 19.7 Å². The lowest BCUT2D eigenvalue weighted by Gasteiger charge is -2.26. The SMILES string of the molecule is CC(C)OCCCNC(=O)NC(=O)CN[C@@H]1CCCc2ccccc21. The molecule has 0 aliphatic heterocycles. The molecule has 6 heteroatoms. The Balaban J connectivity index is 1.65. The second kappa shape index (κ2) is 10.2. The van der Waals surface area contributed by atoms with E-state index in [1.54, 1.807) is 0 Å². The summed E-state index contributed by atoms with van der Waals surface area (Å²) in [6, 6.07) is 8.03. The Kier molecular flexibility index (Phi) is 7.88. The molecule has 1 atom stereocenters. The van der Waals surface area contributed by atoms with Crippen molar-refractivity contribution in [2.45, 2.75) is 51.7 Å². The number of fused-ring (bicyclic) bond motifs is 1. The van der Waals surface area contributed by atoms with Crippen molar-refractivity contribution >= 4 is 11.9 Å². The van der Waals surface area contributed by atoms with E-state index in [-0.39, 0.29) is 24.6 Å². The first-order valence-electron chi connectivity index (χ1n) is 9.06. The largest absolute Gasteiger partial charge is 0.379 e. The molecule has 1 aromatic carbocycles. The maximum absolute atomic E-state index is 11.9. The molecule has 0 spiro atoms. The van der Waals surface area contributed by atoms with Gasteiger partial charge in [0.2, 0.25) is 5.91 Å². The predicted molar refractivity (Wildman–Crippen MR) is 97.4 cm³/mol. The van der Waals surface area contributed by atoms with Gasteiger partial charge in [-0.25, -0.2) is 4.79 Å². The van der Waals surface area contributed by atoms with Crippen LogP contribution in [0.2, 0.25) is 0 Å². The van der Waals surface area contributed by atoms with Gasteiger partial charge < -0.3 is 15.4 Å². The minimum absolute atomic E-state index is 0.128. The van der Waals surface area contributed by atoms with Crippen LogP contribution in [0.3, 0.4) is 0 Å². The maximum atomic E-state index is 11.9. The molecule has 1 aliphatic rings. The highest BCUT2D eigenvalue weighted by atomic mass is 16.5. The fraction of sp³-hybridized carbons (Fsp3) is 0.579. The van der Waals surface area contributed by atoms with Gasteiger partial charge in [-0.1, -0.05) is 24.3 Å². The first-order chi connectivity index (χ1) is 12.1. The third kappa shape index (κ3) is 6.84. The van der Waals surface area contributed by atoms with Crippen LogP contribution >= 0.6 is 0 Å². The molecule has 1 aromatic rings. The number of carbonyl (C=O) groups is 2. The second-order valence-electron chi connectivity index (χ2n) is 6.60. The Morgan fingerprint density at radius 2 is 2.08 bits per heavy atom. The van der Waals surface area contributed by atoms with E-state index in [2.05, 4.69) is 28.1 Å². The Morgan fingerprint density at radius 3 is 2.88 bits per heavy atom. The van der Waals surface area contributed by atoms with Gasteiger partial charge in [0.25, 0.3) is 0 Å². The zero-order valence-electron chi connectivity index (χ0n) is 15.1. The fourth-order valence-electron chi connectivity index (χ4n) is 2.99. The van der Waals surface area contributed by atoms with Crippen molar-refractivity contribution in [3.8, 4) is 0 Å². The molecule has 3 amide bonds. The molecule has 0 radical (unpaired) electrons.